The molecule has 4 nitrogen and oxygen atoms in total. The molecular formula is C17H12ClNO3. The molecule has 1 heterocycles. The molecule has 0 saturated carbocycles. The largest absolute Gasteiger partial charge is 0.486 e. The van der Waals surface area contributed by atoms with Crippen molar-refractivity contribution in [3.63, 3.8) is 0 Å². The lowest BCUT2D eigenvalue weighted by Gasteiger charge is -2.02. The molecule has 22 heavy (non-hydrogen) atoms. The first kappa shape index (κ1) is 14.4. The predicted molar refractivity (Wildman–Crippen MR) is 83.1 cm³/mol. The number of ether oxygens (including phenoxy) is 1. The van der Waals surface area contributed by atoms with Crippen LogP contribution in [-0.4, -0.2) is 11.4 Å². The summed E-state index contributed by atoms with van der Waals surface area (Å²) in [7, 11) is 0. The topological polar surface area (TPSA) is 52.3 Å². The van der Waals surface area contributed by atoms with E-state index in [1.54, 1.807) is 36.4 Å². The number of nitrogens with zero attached hydrogens (tertiary/aromatic N) is 1. The fourth-order valence-corrected chi connectivity index (χ4v) is 2.06. The number of hydrogen-bond acceptors (Lipinski definition) is 4. The number of aldehydes is 1. The first-order valence-corrected chi connectivity index (χ1v) is 7.02. The highest BCUT2D eigenvalue weighted by Gasteiger charge is 2.07. The van der Waals surface area contributed by atoms with Gasteiger partial charge in [0.25, 0.3) is 0 Å². The van der Waals surface area contributed by atoms with Gasteiger partial charge in [0.05, 0.1) is 0 Å². The molecule has 1 aromatic heterocycles. The van der Waals surface area contributed by atoms with E-state index in [0.29, 0.717) is 22.1 Å². The van der Waals surface area contributed by atoms with E-state index in [-0.39, 0.29) is 6.61 Å². The van der Waals surface area contributed by atoms with Crippen molar-refractivity contribution in [3.8, 4) is 17.0 Å². The van der Waals surface area contributed by atoms with Crippen LogP contribution in [0.15, 0.2) is 59.1 Å². The van der Waals surface area contributed by atoms with E-state index in [4.69, 9.17) is 20.9 Å². The molecule has 0 aliphatic heterocycles. The van der Waals surface area contributed by atoms with E-state index in [9.17, 15) is 4.79 Å². The van der Waals surface area contributed by atoms with Crippen LogP contribution >= 0.6 is 11.6 Å². The van der Waals surface area contributed by atoms with Crippen LogP contribution < -0.4 is 4.74 Å². The molecule has 0 fully saturated rings. The van der Waals surface area contributed by atoms with Crippen molar-refractivity contribution in [2.24, 2.45) is 0 Å². The summed E-state index contributed by atoms with van der Waals surface area (Å²) < 4.78 is 10.8. The van der Waals surface area contributed by atoms with E-state index in [2.05, 4.69) is 5.16 Å². The lowest BCUT2D eigenvalue weighted by Crippen LogP contribution is -1.93. The highest BCUT2D eigenvalue weighted by molar-refractivity contribution is 6.30. The fraction of sp³-hybridized carbons (Fsp3) is 0.0588. The van der Waals surface area contributed by atoms with Crippen molar-refractivity contribution < 1.29 is 14.1 Å². The molecular weight excluding hydrogens is 302 g/mol. The zero-order chi connectivity index (χ0) is 15.4. The molecule has 0 N–H and O–H groups in total. The molecule has 5 heteroatoms. The molecule has 3 rings (SSSR count). The Bertz CT molecular complexity index is 763. The van der Waals surface area contributed by atoms with Gasteiger partial charge in [-0.15, -0.1) is 0 Å². The Morgan fingerprint density at radius 3 is 2.50 bits per heavy atom. The van der Waals surface area contributed by atoms with E-state index in [0.717, 1.165) is 17.5 Å². The Morgan fingerprint density at radius 1 is 1.09 bits per heavy atom. The van der Waals surface area contributed by atoms with Crippen molar-refractivity contribution in [2.45, 2.75) is 6.61 Å². The van der Waals surface area contributed by atoms with Crippen molar-refractivity contribution in [3.05, 3.63) is 70.9 Å². The van der Waals surface area contributed by atoms with Gasteiger partial charge in [-0.1, -0.05) is 28.9 Å². The number of carbonyl (C=O) groups excluding carboxylic acids is 1. The minimum atomic E-state index is 0.265. The van der Waals surface area contributed by atoms with Gasteiger partial charge in [0.2, 0.25) is 0 Å². The van der Waals surface area contributed by atoms with Gasteiger partial charge in [0.15, 0.2) is 5.76 Å². The summed E-state index contributed by atoms with van der Waals surface area (Å²) >= 11 is 5.86. The Balaban J connectivity index is 1.66. The number of aromatic nitrogens is 1. The fourth-order valence-electron chi connectivity index (χ4n) is 1.93. The van der Waals surface area contributed by atoms with E-state index >= 15 is 0 Å². The second kappa shape index (κ2) is 6.45. The van der Waals surface area contributed by atoms with Crippen LogP contribution in [0.5, 0.6) is 5.75 Å². The standard InChI is InChI=1S/C17H12ClNO3/c18-14-5-3-13(4-6-14)17-9-16(22-19-17)11-21-15-7-1-12(10-20)2-8-15/h1-10H,11H2. The predicted octanol–water partition coefficient (Wildman–Crippen LogP) is 4.39. The minimum absolute atomic E-state index is 0.265. The molecule has 0 atom stereocenters. The monoisotopic (exact) mass is 313 g/mol. The number of rotatable bonds is 5. The Hall–Kier alpha value is -2.59. The van der Waals surface area contributed by atoms with Gasteiger partial charge in [-0.2, -0.15) is 0 Å². The SMILES string of the molecule is O=Cc1ccc(OCc2cc(-c3ccc(Cl)cc3)no2)cc1. The third-order valence-corrected chi connectivity index (χ3v) is 3.35. The molecule has 0 aliphatic carbocycles. The third-order valence-electron chi connectivity index (χ3n) is 3.10. The maximum atomic E-state index is 10.6. The van der Waals surface area contributed by atoms with Crippen LogP contribution in [0.1, 0.15) is 16.1 Å². The smallest absolute Gasteiger partial charge is 0.174 e. The first-order chi connectivity index (χ1) is 10.7. The molecule has 0 unspecified atom stereocenters. The van der Waals surface area contributed by atoms with Crippen molar-refractivity contribution in [1.29, 1.82) is 0 Å². The maximum absolute atomic E-state index is 10.6. The first-order valence-electron chi connectivity index (χ1n) is 6.64. The third kappa shape index (κ3) is 3.35. The average molecular weight is 314 g/mol. The van der Waals surface area contributed by atoms with Crippen LogP contribution in [0.4, 0.5) is 0 Å². The van der Waals surface area contributed by atoms with Gasteiger partial charge in [-0.3, -0.25) is 4.79 Å². The quantitative estimate of drug-likeness (QED) is 0.656. The molecule has 3 aromatic rings. The zero-order valence-electron chi connectivity index (χ0n) is 11.5. The van der Waals surface area contributed by atoms with Crippen LogP contribution in [0, 0.1) is 0 Å². The molecule has 0 bridgehead atoms. The van der Waals surface area contributed by atoms with Gasteiger partial charge in [0.1, 0.15) is 24.3 Å². The molecule has 0 aliphatic rings. The second-order valence-corrected chi connectivity index (χ2v) is 5.10. The maximum Gasteiger partial charge on any atom is 0.174 e. The van der Waals surface area contributed by atoms with E-state index < -0.39 is 0 Å². The number of halogens is 1. The normalized spacial score (nSPS) is 10.4. The summed E-state index contributed by atoms with van der Waals surface area (Å²) in [5.74, 6) is 1.28. The summed E-state index contributed by atoms with van der Waals surface area (Å²) in [6, 6.07) is 16.0. The van der Waals surface area contributed by atoms with Gasteiger partial charge in [-0.05, 0) is 36.4 Å². The molecule has 0 amide bonds. The van der Waals surface area contributed by atoms with Gasteiger partial charge < -0.3 is 9.26 Å². The Labute approximate surface area is 132 Å². The summed E-state index contributed by atoms with van der Waals surface area (Å²) in [5.41, 5.74) is 2.26. The molecule has 110 valence electrons. The van der Waals surface area contributed by atoms with Gasteiger partial charge in [-0.25, -0.2) is 0 Å². The minimum Gasteiger partial charge on any atom is -0.486 e. The number of carbonyl (C=O) groups is 1. The van der Waals surface area contributed by atoms with Crippen LogP contribution in [0.3, 0.4) is 0 Å². The lowest BCUT2D eigenvalue weighted by atomic mass is 10.1. The second-order valence-electron chi connectivity index (χ2n) is 4.66. The highest BCUT2D eigenvalue weighted by atomic mass is 35.5. The van der Waals surface area contributed by atoms with Crippen molar-refractivity contribution in [1.82, 2.24) is 5.16 Å². The average Bonchev–Trinajstić information content (AvgIpc) is 3.03. The number of hydrogen-bond donors (Lipinski definition) is 0. The van der Waals surface area contributed by atoms with Gasteiger partial charge in [0, 0.05) is 22.2 Å². The number of benzene rings is 2. The van der Waals surface area contributed by atoms with E-state index in [1.165, 1.54) is 0 Å². The van der Waals surface area contributed by atoms with Crippen molar-refractivity contribution in [2.75, 3.05) is 0 Å². The summed E-state index contributed by atoms with van der Waals surface area (Å²) in [4.78, 5) is 10.6. The van der Waals surface area contributed by atoms with Crippen LogP contribution in [0.2, 0.25) is 5.02 Å². The Morgan fingerprint density at radius 2 is 1.82 bits per heavy atom. The summed E-state index contributed by atoms with van der Waals surface area (Å²) in [5, 5.41) is 4.69. The Kier molecular flexibility index (Phi) is 4.21. The molecule has 0 saturated heterocycles. The molecule has 0 spiro atoms. The van der Waals surface area contributed by atoms with Crippen LogP contribution in [-0.2, 0) is 6.61 Å². The molecule has 0 radical (unpaired) electrons. The van der Waals surface area contributed by atoms with Crippen molar-refractivity contribution >= 4 is 17.9 Å². The van der Waals surface area contributed by atoms with Crippen LogP contribution in [0.25, 0.3) is 11.3 Å². The summed E-state index contributed by atoms with van der Waals surface area (Å²) in [6.07, 6.45) is 0.790. The summed E-state index contributed by atoms with van der Waals surface area (Å²) in [6.45, 7) is 0.265. The zero-order valence-corrected chi connectivity index (χ0v) is 12.3. The van der Waals surface area contributed by atoms with E-state index in [1.807, 2.05) is 18.2 Å². The highest BCUT2D eigenvalue weighted by Crippen LogP contribution is 2.22. The van der Waals surface area contributed by atoms with Gasteiger partial charge >= 0.3 is 0 Å². The lowest BCUT2D eigenvalue weighted by molar-refractivity contribution is 0.112. The molecule has 2 aromatic carbocycles.